The minimum atomic E-state index is -0.0341. The van der Waals surface area contributed by atoms with Gasteiger partial charge in [-0.1, -0.05) is 29.8 Å². The number of aliphatic imine (C=N–C) groups is 1. The highest BCUT2D eigenvalue weighted by molar-refractivity contribution is 7.17. The number of rotatable bonds is 3. The molecule has 1 aliphatic heterocycles. The molecule has 0 atom stereocenters. The summed E-state index contributed by atoms with van der Waals surface area (Å²) in [5.41, 5.74) is 5.70. The molecule has 0 saturated carbocycles. The minimum absolute atomic E-state index is 0.0315. The standard InChI is InChI=1S/C20H22N2O2S/c1-13-6-8-14(9-7-13)19-18-15-4-2-3-5-16(15)25-20(18)22(10-11-23)17(24)12-21-19/h6-9,23H,2-5,10-12H2,1H3. The summed E-state index contributed by atoms with van der Waals surface area (Å²) >= 11 is 1.72. The van der Waals surface area contributed by atoms with Crippen LogP contribution in [0.4, 0.5) is 5.00 Å². The van der Waals surface area contributed by atoms with E-state index in [4.69, 9.17) is 4.99 Å². The fourth-order valence-corrected chi connectivity index (χ4v) is 5.12. The Balaban J connectivity index is 1.91. The molecular weight excluding hydrogens is 332 g/mol. The second kappa shape index (κ2) is 6.73. The number of thiophene rings is 1. The normalized spacial score (nSPS) is 17.0. The highest BCUT2D eigenvalue weighted by atomic mass is 32.1. The van der Waals surface area contributed by atoms with Crippen molar-refractivity contribution >= 4 is 28.0 Å². The topological polar surface area (TPSA) is 52.9 Å². The number of fused-ring (bicyclic) bond motifs is 3. The summed E-state index contributed by atoms with van der Waals surface area (Å²) in [6, 6.07) is 8.37. The number of benzene rings is 1. The summed E-state index contributed by atoms with van der Waals surface area (Å²) in [5.74, 6) is -0.0315. The van der Waals surface area contributed by atoms with Crippen LogP contribution in [-0.4, -0.2) is 36.4 Å². The van der Waals surface area contributed by atoms with E-state index in [0.29, 0.717) is 6.54 Å². The van der Waals surface area contributed by atoms with Crippen LogP contribution in [0.2, 0.25) is 0 Å². The molecule has 1 aliphatic carbocycles. The molecule has 1 amide bonds. The van der Waals surface area contributed by atoms with Crippen molar-refractivity contribution in [1.29, 1.82) is 0 Å². The van der Waals surface area contributed by atoms with Crippen LogP contribution in [0.3, 0.4) is 0 Å². The Kier molecular flexibility index (Phi) is 4.44. The maximum atomic E-state index is 12.6. The number of aryl methyl sites for hydroxylation is 2. The van der Waals surface area contributed by atoms with E-state index in [-0.39, 0.29) is 19.1 Å². The fraction of sp³-hybridized carbons (Fsp3) is 0.400. The van der Waals surface area contributed by atoms with Crippen LogP contribution in [0.5, 0.6) is 0 Å². The van der Waals surface area contributed by atoms with E-state index in [1.54, 1.807) is 16.2 Å². The lowest BCUT2D eigenvalue weighted by molar-refractivity contribution is -0.117. The Morgan fingerprint density at radius 1 is 1.20 bits per heavy atom. The largest absolute Gasteiger partial charge is 0.395 e. The highest BCUT2D eigenvalue weighted by Crippen LogP contribution is 2.42. The summed E-state index contributed by atoms with van der Waals surface area (Å²) in [5, 5.41) is 10.4. The number of anilines is 1. The Labute approximate surface area is 151 Å². The first-order valence-corrected chi connectivity index (χ1v) is 9.68. The van der Waals surface area contributed by atoms with Crippen molar-refractivity contribution in [2.45, 2.75) is 32.6 Å². The summed E-state index contributed by atoms with van der Waals surface area (Å²) in [6.07, 6.45) is 4.52. The summed E-state index contributed by atoms with van der Waals surface area (Å²) in [6.45, 7) is 2.51. The number of hydrogen-bond acceptors (Lipinski definition) is 4. The molecule has 2 aromatic rings. The smallest absolute Gasteiger partial charge is 0.249 e. The molecule has 1 aromatic carbocycles. The monoisotopic (exact) mass is 354 g/mol. The summed E-state index contributed by atoms with van der Waals surface area (Å²) < 4.78 is 0. The lowest BCUT2D eigenvalue weighted by Gasteiger charge is -2.19. The van der Waals surface area contributed by atoms with E-state index in [1.165, 1.54) is 28.8 Å². The Morgan fingerprint density at radius 2 is 1.96 bits per heavy atom. The molecule has 0 saturated heterocycles. The van der Waals surface area contributed by atoms with Gasteiger partial charge in [0.25, 0.3) is 0 Å². The predicted octanol–water partition coefficient (Wildman–Crippen LogP) is 3.11. The van der Waals surface area contributed by atoms with Gasteiger partial charge in [-0.15, -0.1) is 11.3 Å². The molecule has 0 bridgehead atoms. The zero-order valence-corrected chi connectivity index (χ0v) is 15.2. The van der Waals surface area contributed by atoms with Crippen molar-refractivity contribution in [2.75, 3.05) is 24.6 Å². The van der Waals surface area contributed by atoms with Crippen LogP contribution in [0.1, 0.15) is 40.0 Å². The summed E-state index contributed by atoms with van der Waals surface area (Å²) in [7, 11) is 0. The third-order valence-electron chi connectivity index (χ3n) is 4.96. The molecule has 0 fully saturated rings. The van der Waals surface area contributed by atoms with E-state index in [1.807, 2.05) is 0 Å². The molecule has 2 heterocycles. The molecule has 0 radical (unpaired) electrons. The van der Waals surface area contributed by atoms with Gasteiger partial charge in [-0.3, -0.25) is 14.7 Å². The average Bonchev–Trinajstić information content (AvgIpc) is 2.94. The second-order valence-corrected chi connectivity index (χ2v) is 7.77. The molecule has 0 unspecified atom stereocenters. The predicted molar refractivity (Wildman–Crippen MR) is 102 cm³/mol. The molecule has 25 heavy (non-hydrogen) atoms. The van der Waals surface area contributed by atoms with Crippen molar-refractivity contribution in [3.8, 4) is 0 Å². The number of carbonyl (C=O) groups excluding carboxylic acids is 1. The molecule has 5 heteroatoms. The van der Waals surface area contributed by atoms with Gasteiger partial charge in [0, 0.05) is 22.5 Å². The highest BCUT2D eigenvalue weighted by Gasteiger charge is 2.31. The maximum absolute atomic E-state index is 12.6. The van der Waals surface area contributed by atoms with Crippen LogP contribution in [-0.2, 0) is 17.6 Å². The van der Waals surface area contributed by atoms with Crippen LogP contribution >= 0.6 is 11.3 Å². The van der Waals surface area contributed by atoms with E-state index >= 15 is 0 Å². The molecule has 4 rings (SSSR count). The molecular formula is C20H22N2O2S. The zero-order chi connectivity index (χ0) is 17.4. The van der Waals surface area contributed by atoms with Gasteiger partial charge in [-0.2, -0.15) is 0 Å². The number of hydrogen-bond donors (Lipinski definition) is 1. The van der Waals surface area contributed by atoms with Gasteiger partial charge in [0.2, 0.25) is 5.91 Å². The lowest BCUT2D eigenvalue weighted by Crippen LogP contribution is -2.34. The lowest BCUT2D eigenvalue weighted by atomic mass is 9.91. The average molecular weight is 354 g/mol. The van der Waals surface area contributed by atoms with Crippen LogP contribution in [0.15, 0.2) is 29.3 Å². The van der Waals surface area contributed by atoms with Gasteiger partial charge in [-0.05, 0) is 38.2 Å². The number of aliphatic hydroxyl groups is 1. The molecule has 130 valence electrons. The second-order valence-electron chi connectivity index (χ2n) is 6.69. The van der Waals surface area contributed by atoms with Gasteiger partial charge in [0.05, 0.1) is 12.3 Å². The van der Waals surface area contributed by atoms with Crippen LogP contribution in [0.25, 0.3) is 0 Å². The first kappa shape index (κ1) is 16.5. The van der Waals surface area contributed by atoms with E-state index < -0.39 is 0 Å². The number of nitrogens with zero attached hydrogens (tertiary/aromatic N) is 2. The van der Waals surface area contributed by atoms with E-state index in [9.17, 15) is 9.90 Å². The Bertz CT molecular complexity index is 836. The van der Waals surface area contributed by atoms with Gasteiger partial charge < -0.3 is 5.11 Å². The molecule has 0 spiro atoms. The van der Waals surface area contributed by atoms with Crippen molar-refractivity contribution in [3.63, 3.8) is 0 Å². The van der Waals surface area contributed by atoms with E-state index in [2.05, 4.69) is 31.2 Å². The maximum Gasteiger partial charge on any atom is 0.249 e. The van der Waals surface area contributed by atoms with Crippen molar-refractivity contribution in [2.24, 2.45) is 4.99 Å². The third-order valence-corrected chi connectivity index (χ3v) is 6.27. The number of aliphatic hydroxyl groups excluding tert-OH is 1. The zero-order valence-electron chi connectivity index (χ0n) is 14.4. The number of carbonyl (C=O) groups is 1. The van der Waals surface area contributed by atoms with Gasteiger partial charge in [0.15, 0.2) is 0 Å². The van der Waals surface area contributed by atoms with Crippen molar-refractivity contribution in [1.82, 2.24) is 0 Å². The molecule has 2 aliphatic rings. The third kappa shape index (κ3) is 2.92. The number of β-amino-alcohol motifs (C(OH)–C–C–N with tert-alkyl or cyclic N) is 1. The van der Waals surface area contributed by atoms with E-state index in [0.717, 1.165) is 34.7 Å². The van der Waals surface area contributed by atoms with Gasteiger partial charge in [-0.25, -0.2) is 0 Å². The Hall–Kier alpha value is -1.98. The molecule has 1 aromatic heterocycles. The quantitative estimate of drug-likeness (QED) is 0.921. The van der Waals surface area contributed by atoms with Crippen molar-refractivity contribution in [3.05, 3.63) is 51.4 Å². The first-order valence-electron chi connectivity index (χ1n) is 8.86. The SMILES string of the molecule is Cc1ccc(C2=NCC(=O)N(CCO)c3sc4c(c32)CCCC4)cc1. The Morgan fingerprint density at radius 3 is 2.72 bits per heavy atom. The van der Waals surface area contributed by atoms with Gasteiger partial charge in [0.1, 0.15) is 11.5 Å². The number of amides is 1. The molecule has 1 N–H and O–H groups in total. The summed E-state index contributed by atoms with van der Waals surface area (Å²) in [4.78, 5) is 20.5. The minimum Gasteiger partial charge on any atom is -0.395 e. The van der Waals surface area contributed by atoms with Crippen LogP contribution in [0, 0.1) is 6.92 Å². The van der Waals surface area contributed by atoms with Gasteiger partial charge >= 0.3 is 0 Å². The van der Waals surface area contributed by atoms with Crippen molar-refractivity contribution < 1.29 is 9.90 Å². The van der Waals surface area contributed by atoms with Crippen LogP contribution < -0.4 is 4.90 Å². The first-order chi connectivity index (χ1) is 12.2. The molecule has 4 nitrogen and oxygen atoms in total. The fourth-order valence-electron chi connectivity index (χ4n) is 3.68.